The summed E-state index contributed by atoms with van der Waals surface area (Å²) in [5.41, 5.74) is 2.73. The minimum absolute atomic E-state index is 0.107. The molecule has 0 spiro atoms. The summed E-state index contributed by atoms with van der Waals surface area (Å²) in [6.45, 7) is 2.09. The zero-order valence-corrected chi connectivity index (χ0v) is 14.3. The molecule has 0 amide bonds. The highest BCUT2D eigenvalue weighted by Gasteiger charge is 2.43. The second kappa shape index (κ2) is 5.69. The molecule has 110 valence electrons. The van der Waals surface area contributed by atoms with Crippen LogP contribution in [0.15, 0.2) is 41.5 Å². The molecule has 0 aromatic heterocycles. The second-order valence-corrected chi connectivity index (χ2v) is 7.51. The molecule has 3 rings (SSSR count). The maximum Gasteiger partial charge on any atom is 0.181 e. The number of hydrogen-bond acceptors (Lipinski definition) is 2. The van der Waals surface area contributed by atoms with Gasteiger partial charge in [-0.15, -0.1) is 0 Å². The Kier molecular flexibility index (Phi) is 4.06. The minimum Gasteiger partial charge on any atom is -0.392 e. The first-order valence-corrected chi connectivity index (χ1v) is 8.46. The average molecular weight is 394 g/mol. The average Bonchev–Trinajstić information content (AvgIpc) is 2.43. The van der Waals surface area contributed by atoms with E-state index in [1.807, 2.05) is 24.3 Å². The SMILES string of the molecule is C[C@]12CC(=Cc3cccc(I)c3)C(=O)C=C1CCC[C@@H]2O. The van der Waals surface area contributed by atoms with Gasteiger partial charge in [-0.05, 0) is 78.1 Å². The van der Waals surface area contributed by atoms with Gasteiger partial charge in [0.25, 0.3) is 0 Å². The zero-order chi connectivity index (χ0) is 15.0. The summed E-state index contributed by atoms with van der Waals surface area (Å²) in [6.07, 6.45) is 6.80. The molecule has 1 aromatic rings. The lowest BCUT2D eigenvalue weighted by atomic mass is 9.63. The van der Waals surface area contributed by atoms with Crippen molar-refractivity contribution in [1.82, 2.24) is 0 Å². The third-order valence-corrected chi connectivity index (χ3v) is 5.43. The van der Waals surface area contributed by atoms with Crippen molar-refractivity contribution in [2.45, 2.75) is 38.7 Å². The van der Waals surface area contributed by atoms with Crippen LogP contribution >= 0.6 is 22.6 Å². The second-order valence-electron chi connectivity index (χ2n) is 6.26. The predicted molar refractivity (Wildman–Crippen MR) is 92.8 cm³/mol. The highest BCUT2D eigenvalue weighted by Crippen LogP contribution is 2.48. The topological polar surface area (TPSA) is 37.3 Å². The lowest BCUT2D eigenvalue weighted by Crippen LogP contribution is -2.40. The molecule has 0 bridgehead atoms. The van der Waals surface area contributed by atoms with Crippen molar-refractivity contribution in [3.05, 3.63) is 50.6 Å². The van der Waals surface area contributed by atoms with Gasteiger partial charge in [-0.1, -0.05) is 24.6 Å². The van der Waals surface area contributed by atoms with E-state index in [1.54, 1.807) is 6.08 Å². The normalized spacial score (nSPS) is 31.0. The van der Waals surface area contributed by atoms with Gasteiger partial charge < -0.3 is 5.11 Å². The molecule has 1 saturated carbocycles. The van der Waals surface area contributed by atoms with Gasteiger partial charge in [0.1, 0.15) is 0 Å². The van der Waals surface area contributed by atoms with Crippen molar-refractivity contribution in [1.29, 1.82) is 0 Å². The molecule has 0 heterocycles. The maximum absolute atomic E-state index is 12.4. The summed E-state index contributed by atoms with van der Waals surface area (Å²) in [4.78, 5) is 12.4. The highest BCUT2D eigenvalue weighted by molar-refractivity contribution is 14.1. The van der Waals surface area contributed by atoms with Crippen molar-refractivity contribution in [2.75, 3.05) is 0 Å². The van der Waals surface area contributed by atoms with Gasteiger partial charge in [-0.2, -0.15) is 0 Å². The molecular formula is C18H19IO2. The van der Waals surface area contributed by atoms with Crippen LogP contribution in [0.3, 0.4) is 0 Å². The van der Waals surface area contributed by atoms with Crippen molar-refractivity contribution in [3.63, 3.8) is 0 Å². The number of aliphatic hydroxyl groups excluding tert-OH is 1. The van der Waals surface area contributed by atoms with Gasteiger partial charge in [0.05, 0.1) is 6.10 Å². The molecule has 21 heavy (non-hydrogen) atoms. The molecule has 1 N–H and O–H groups in total. The summed E-state index contributed by atoms with van der Waals surface area (Å²) in [6, 6.07) is 8.12. The molecule has 2 atom stereocenters. The Balaban J connectivity index is 1.98. The molecule has 0 aliphatic heterocycles. The molecule has 3 heteroatoms. The number of allylic oxidation sites excluding steroid dienone is 2. The van der Waals surface area contributed by atoms with Crippen LogP contribution in [0, 0.1) is 8.99 Å². The molecule has 1 aromatic carbocycles. The summed E-state index contributed by atoms with van der Waals surface area (Å²) in [7, 11) is 0. The van der Waals surface area contributed by atoms with Crippen molar-refractivity contribution in [2.24, 2.45) is 5.41 Å². The Bertz CT molecular complexity index is 644. The number of halogens is 1. The Labute approximate surface area is 139 Å². The number of aliphatic hydroxyl groups is 1. The number of carbonyl (C=O) groups is 1. The van der Waals surface area contributed by atoms with Crippen LogP contribution in [0.25, 0.3) is 6.08 Å². The summed E-state index contributed by atoms with van der Waals surface area (Å²) < 4.78 is 1.16. The van der Waals surface area contributed by atoms with Crippen molar-refractivity contribution < 1.29 is 9.90 Å². The van der Waals surface area contributed by atoms with Crippen LogP contribution in [0.2, 0.25) is 0 Å². The van der Waals surface area contributed by atoms with E-state index in [1.165, 1.54) is 0 Å². The molecule has 2 aliphatic rings. The van der Waals surface area contributed by atoms with E-state index in [4.69, 9.17) is 0 Å². The van der Waals surface area contributed by atoms with E-state index in [9.17, 15) is 9.90 Å². The third-order valence-electron chi connectivity index (χ3n) is 4.76. The summed E-state index contributed by atoms with van der Waals surface area (Å²) >= 11 is 2.27. The van der Waals surface area contributed by atoms with E-state index in [2.05, 4.69) is 35.6 Å². The third kappa shape index (κ3) is 2.86. The van der Waals surface area contributed by atoms with Crippen LogP contribution in [0.5, 0.6) is 0 Å². The van der Waals surface area contributed by atoms with Gasteiger partial charge in [-0.3, -0.25) is 4.79 Å². The Morgan fingerprint density at radius 1 is 1.43 bits per heavy atom. The smallest absolute Gasteiger partial charge is 0.181 e. The zero-order valence-electron chi connectivity index (χ0n) is 12.1. The van der Waals surface area contributed by atoms with Crippen LogP contribution in [-0.2, 0) is 4.79 Å². The standard InChI is InChI=1S/C18H19IO2/c1-18-11-13(8-12-4-2-6-15(19)9-12)16(20)10-14(18)5-3-7-17(18)21/h2,4,6,8-10,17,21H,3,5,7,11H2,1H3/t17-,18-/m0/s1. The molecule has 0 saturated heterocycles. The van der Waals surface area contributed by atoms with E-state index in [0.29, 0.717) is 6.42 Å². The number of rotatable bonds is 1. The quantitative estimate of drug-likeness (QED) is 0.575. The first-order chi connectivity index (χ1) is 9.99. The first-order valence-electron chi connectivity index (χ1n) is 7.38. The maximum atomic E-state index is 12.4. The number of ketones is 1. The number of fused-ring (bicyclic) bond motifs is 1. The van der Waals surface area contributed by atoms with Crippen molar-refractivity contribution >= 4 is 34.5 Å². The molecular weight excluding hydrogens is 375 g/mol. The van der Waals surface area contributed by atoms with E-state index >= 15 is 0 Å². The number of carbonyl (C=O) groups excluding carboxylic acids is 1. The summed E-state index contributed by atoms with van der Waals surface area (Å²) in [5.74, 6) is 0.107. The lowest BCUT2D eigenvalue weighted by molar-refractivity contribution is -0.112. The van der Waals surface area contributed by atoms with Crippen LogP contribution in [0.4, 0.5) is 0 Å². The number of hydrogen-bond donors (Lipinski definition) is 1. The molecule has 2 aliphatic carbocycles. The van der Waals surface area contributed by atoms with E-state index in [-0.39, 0.29) is 17.3 Å². The molecule has 0 radical (unpaired) electrons. The first kappa shape index (κ1) is 15.0. The van der Waals surface area contributed by atoms with Crippen LogP contribution in [-0.4, -0.2) is 17.0 Å². The fourth-order valence-electron chi connectivity index (χ4n) is 3.43. The van der Waals surface area contributed by atoms with Crippen LogP contribution < -0.4 is 0 Å². The molecule has 0 unspecified atom stereocenters. The van der Waals surface area contributed by atoms with Crippen LogP contribution in [0.1, 0.15) is 38.2 Å². The van der Waals surface area contributed by atoms with Gasteiger partial charge in [0.15, 0.2) is 5.78 Å². The van der Waals surface area contributed by atoms with E-state index < -0.39 is 0 Å². The van der Waals surface area contributed by atoms with Gasteiger partial charge in [-0.25, -0.2) is 0 Å². The predicted octanol–water partition coefficient (Wildman–Crippen LogP) is 4.12. The van der Waals surface area contributed by atoms with Crippen molar-refractivity contribution in [3.8, 4) is 0 Å². The highest BCUT2D eigenvalue weighted by atomic mass is 127. The Hall–Kier alpha value is -0.940. The van der Waals surface area contributed by atoms with Gasteiger partial charge in [0.2, 0.25) is 0 Å². The van der Waals surface area contributed by atoms with Gasteiger partial charge >= 0.3 is 0 Å². The molecule has 2 nitrogen and oxygen atoms in total. The van der Waals surface area contributed by atoms with E-state index in [0.717, 1.165) is 39.5 Å². The Morgan fingerprint density at radius 2 is 2.24 bits per heavy atom. The minimum atomic E-state index is -0.343. The largest absolute Gasteiger partial charge is 0.392 e. The monoisotopic (exact) mass is 394 g/mol. The Morgan fingerprint density at radius 3 is 3.00 bits per heavy atom. The fraction of sp³-hybridized carbons (Fsp3) is 0.389. The lowest BCUT2D eigenvalue weighted by Gasteiger charge is -2.43. The summed E-state index contributed by atoms with van der Waals surface area (Å²) in [5, 5.41) is 10.4. The number of benzene rings is 1. The molecule has 1 fully saturated rings. The van der Waals surface area contributed by atoms with Gasteiger partial charge in [0, 0.05) is 14.6 Å². The fourth-order valence-corrected chi connectivity index (χ4v) is 3.99.